The Bertz CT molecular complexity index is 1160. The zero-order valence-electron chi connectivity index (χ0n) is 15.9. The summed E-state index contributed by atoms with van der Waals surface area (Å²) in [6, 6.07) is 14.9. The lowest BCUT2D eigenvalue weighted by Gasteiger charge is -2.25. The number of hydrogen-bond donors (Lipinski definition) is 2. The van der Waals surface area contributed by atoms with Gasteiger partial charge >= 0.3 is 6.03 Å². The molecule has 1 aliphatic heterocycles. The number of thioether (sulfide) groups is 1. The van der Waals surface area contributed by atoms with Crippen molar-refractivity contribution in [2.45, 2.75) is 5.37 Å². The molecule has 5 nitrogen and oxygen atoms in total. The highest BCUT2D eigenvalue weighted by Gasteiger charge is 2.35. The van der Waals surface area contributed by atoms with Crippen molar-refractivity contribution in [3.8, 4) is 0 Å². The van der Waals surface area contributed by atoms with Gasteiger partial charge in [0.25, 0.3) is 0 Å². The first-order valence-electron chi connectivity index (χ1n) is 9.23. The lowest BCUT2D eigenvalue weighted by atomic mass is 10.1. The third kappa shape index (κ3) is 4.51. The van der Waals surface area contributed by atoms with E-state index in [-0.39, 0.29) is 23.0 Å². The minimum atomic E-state index is -0.898. The first-order valence-corrected chi connectivity index (χ1v) is 10.3. The van der Waals surface area contributed by atoms with Crippen molar-refractivity contribution in [1.29, 1.82) is 0 Å². The first-order chi connectivity index (χ1) is 14.9. The maximum absolute atomic E-state index is 14.3. The molecule has 3 aromatic carbocycles. The summed E-state index contributed by atoms with van der Waals surface area (Å²) in [6.45, 7) is 0. The minimum absolute atomic E-state index is 0.169. The molecule has 0 aliphatic carbocycles. The largest absolute Gasteiger partial charge is 0.323 e. The van der Waals surface area contributed by atoms with Crippen LogP contribution in [0.2, 0.25) is 0 Å². The normalized spacial score (nSPS) is 15.8. The Morgan fingerprint density at radius 2 is 1.74 bits per heavy atom. The van der Waals surface area contributed by atoms with Crippen LogP contribution in [0.5, 0.6) is 0 Å². The van der Waals surface area contributed by atoms with Gasteiger partial charge < -0.3 is 10.6 Å². The molecule has 3 aromatic rings. The Balaban J connectivity index is 1.53. The van der Waals surface area contributed by atoms with Crippen molar-refractivity contribution in [3.05, 3.63) is 89.7 Å². The summed E-state index contributed by atoms with van der Waals surface area (Å²) < 4.78 is 41.0. The zero-order valence-corrected chi connectivity index (χ0v) is 16.8. The summed E-state index contributed by atoms with van der Waals surface area (Å²) in [4.78, 5) is 26.1. The molecule has 9 heteroatoms. The maximum atomic E-state index is 14.3. The topological polar surface area (TPSA) is 61.4 Å². The standard InChI is InChI=1S/C22H16F3N3O2S/c23-14-8-9-18(17(25)11-14)27-22(30)26-15-5-3-4-13(10-15)21-28(20(29)12-31-21)19-7-2-1-6-16(19)24/h1-11,21H,12H2,(H2,26,27,30)/t21-/m0/s1. The quantitative estimate of drug-likeness (QED) is 0.558. The van der Waals surface area contributed by atoms with Crippen LogP contribution in [-0.2, 0) is 4.79 Å². The number of nitrogens with one attached hydrogen (secondary N) is 2. The molecule has 0 bridgehead atoms. The Hall–Kier alpha value is -3.46. The van der Waals surface area contributed by atoms with E-state index in [9.17, 15) is 22.8 Å². The van der Waals surface area contributed by atoms with Gasteiger partial charge in [0.2, 0.25) is 5.91 Å². The van der Waals surface area contributed by atoms with Crippen LogP contribution in [0.1, 0.15) is 10.9 Å². The van der Waals surface area contributed by atoms with Crippen LogP contribution >= 0.6 is 11.8 Å². The number of nitrogens with zero attached hydrogens (tertiary/aromatic N) is 1. The van der Waals surface area contributed by atoms with Gasteiger partial charge in [0.05, 0.1) is 17.1 Å². The van der Waals surface area contributed by atoms with E-state index in [0.29, 0.717) is 17.3 Å². The van der Waals surface area contributed by atoms with Crippen molar-refractivity contribution in [3.63, 3.8) is 0 Å². The molecule has 0 spiro atoms. The van der Waals surface area contributed by atoms with E-state index in [1.807, 2.05) is 0 Å². The van der Waals surface area contributed by atoms with E-state index in [2.05, 4.69) is 10.6 Å². The molecule has 1 fully saturated rings. The van der Waals surface area contributed by atoms with Gasteiger partial charge in [-0.15, -0.1) is 11.8 Å². The SMILES string of the molecule is O=C(Nc1cccc([C@@H]2SCC(=O)N2c2ccccc2F)c1)Nc1ccc(F)cc1F. The van der Waals surface area contributed by atoms with Gasteiger partial charge in [0.15, 0.2) is 0 Å². The summed E-state index contributed by atoms with van der Waals surface area (Å²) in [5, 5.41) is 4.42. The van der Waals surface area contributed by atoms with Crippen molar-refractivity contribution in [2.24, 2.45) is 0 Å². The van der Waals surface area contributed by atoms with Gasteiger partial charge in [-0.2, -0.15) is 0 Å². The lowest BCUT2D eigenvalue weighted by molar-refractivity contribution is -0.115. The number of benzene rings is 3. The second-order valence-electron chi connectivity index (χ2n) is 6.71. The van der Waals surface area contributed by atoms with Crippen LogP contribution in [0.4, 0.5) is 35.0 Å². The number of halogens is 3. The van der Waals surface area contributed by atoms with E-state index >= 15 is 0 Å². The van der Waals surface area contributed by atoms with E-state index in [1.165, 1.54) is 22.7 Å². The van der Waals surface area contributed by atoms with E-state index in [1.54, 1.807) is 42.5 Å². The third-order valence-electron chi connectivity index (χ3n) is 4.59. The van der Waals surface area contributed by atoms with Crippen LogP contribution in [0.3, 0.4) is 0 Å². The van der Waals surface area contributed by atoms with Crippen LogP contribution in [0.25, 0.3) is 0 Å². The van der Waals surface area contributed by atoms with Crippen molar-refractivity contribution < 1.29 is 22.8 Å². The summed E-state index contributed by atoms with van der Waals surface area (Å²) in [6.07, 6.45) is 0. The number of carbonyl (C=O) groups is 2. The molecule has 4 rings (SSSR count). The molecule has 3 amide bonds. The van der Waals surface area contributed by atoms with Gasteiger partial charge in [-0.3, -0.25) is 9.69 Å². The van der Waals surface area contributed by atoms with Crippen LogP contribution in [0, 0.1) is 17.5 Å². The van der Waals surface area contributed by atoms with Gasteiger partial charge in [-0.25, -0.2) is 18.0 Å². The highest BCUT2D eigenvalue weighted by molar-refractivity contribution is 8.00. The fraction of sp³-hybridized carbons (Fsp3) is 0.0909. The number of hydrogen-bond acceptors (Lipinski definition) is 3. The second-order valence-corrected chi connectivity index (χ2v) is 7.78. The molecular formula is C22H16F3N3O2S. The van der Waals surface area contributed by atoms with E-state index < -0.39 is 28.9 Å². The Labute approximate surface area is 180 Å². The molecular weight excluding hydrogens is 427 g/mol. The molecule has 1 aliphatic rings. The monoisotopic (exact) mass is 443 g/mol. The molecule has 0 aromatic heterocycles. The molecule has 1 saturated heterocycles. The Morgan fingerprint density at radius 3 is 2.52 bits per heavy atom. The lowest BCUT2D eigenvalue weighted by Crippen LogP contribution is -2.28. The van der Waals surface area contributed by atoms with Gasteiger partial charge in [-0.05, 0) is 42.0 Å². The fourth-order valence-electron chi connectivity index (χ4n) is 3.22. The molecule has 0 saturated carbocycles. The number of carbonyl (C=O) groups excluding carboxylic acids is 2. The predicted molar refractivity (Wildman–Crippen MR) is 115 cm³/mol. The number of para-hydroxylation sites is 1. The average molecular weight is 443 g/mol. The number of urea groups is 1. The first kappa shape index (κ1) is 20.8. The fourth-order valence-corrected chi connectivity index (χ4v) is 4.38. The van der Waals surface area contributed by atoms with Crippen molar-refractivity contribution >= 4 is 40.8 Å². The predicted octanol–water partition coefficient (Wildman–Crippen LogP) is 5.53. The molecule has 2 N–H and O–H groups in total. The average Bonchev–Trinajstić information content (AvgIpc) is 3.12. The van der Waals surface area contributed by atoms with Gasteiger partial charge in [0, 0.05) is 11.8 Å². The summed E-state index contributed by atoms with van der Waals surface area (Å²) in [5.74, 6) is -2.17. The van der Waals surface area contributed by atoms with Crippen molar-refractivity contribution in [2.75, 3.05) is 21.3 Å². The van der Waals surface area contributed by atoms with Crippen LogP contribution in [0.15, 0.2) is 66.7 Å². The molecule has 1 heterocycles. The summed E-state index contributed by atoms with van der Waals surface area (Å²) in [5.41, 5.74) is 1.10. The second kappa shape index (κ2) is 8.73. The number of amides is 3. The van der Waals surface area contributed by atoms with Crippen LogP contribution < -0.4 is 15.5 Å². The van der Waals surface area contributed by atoms with Crippen LogP contribution in [-0.4, -0.2) is 17.7 Å². The molecule has 158 valence electrons. The molecule has 31 heavy (non-hydrogen) atoms. The summed E-state index contributed by atoms with van der Waals surface area (Å²) >= 11 is 1.35. The molecule has 0 radical (unpaired) electrons. The Kier molecular flexibility index (Phi) is 5.85. The molecule has 1 atom stereocenters. The minimum Gasteiger partial charge on any atom is -0.308 e. The van der Waals surface area contributed by atoms with E-state index in [4.69, 9.17) is 0 Å². The highest BCUT2D eigenvalue weighted by Crippen LogP contribution is 2.42. The van der Waals surface area contributed by atoms with Gasteiger partial charge in [0.1, 0.15) is 22.8 Å². The zero-order chi connectivity index (χ0) is 22.0. The van der Waals surface area contributed by atoms with E-state index in [0.717, 1.165) is 12.1 Å². The Morgan fingerprint density at radius 1 is 0.935 bits per heavy atom. The highest BCUT2D eigenvalue weighted by atomic mass is 32.2. The van der Waals surface area contributed by atoms with Gasteiger partial charge in [-0.1, -0.05) is 24.3 Å². The maximum Gasteiger partial charge on any atom is 0.323 e. The number of anilines is 3. The smallest absolute Gasteiger partial charge is 0.308 e. The molecule has 0 unspecified atom stereocenters. The summed E-state index contributed by atoms with van der Waals surface area (Å²) in [7, 11) is 0. The van der Waals surface area contributed by atoms with Crippen molar-refractivity contribution in [1.82, 2.24) is 0 Å². The third-order valence-corrected chi connectivity index (χ3v) is 5.80. The number of rotatable bonds is 4.